The average Bonchev–Trinajstić information content (AvgIpc) is 2.61. The molecule has 0 amide bonds. The van der Waals surface area contributed by atoms with Gasteiger partial charge >= 0.3 is 0 Å². The lowest BCUT2D eigenvalue weighted by atomic mass is 9.90. The SMILES string of the molecule is CCCNC(CC(CC)CC)C1CN(C)CCCN1C. The van der Waals surface area contributed by atoms with Gasteiger partial charge in [0.25, 0.3) is 0 Å². The van der Waals surface area contributed by atoms with Crippen LogP contribution in [0.1, 0.15) is 52.9 Å². The van der Waals surface area contributed by atoms with Gasteiger partial charge in [-0.3, -0.25) is 0 Å². The lowest BCUT2D eigenvalue weighted by Crippen LogP contribution is -2.53. The lowest BCUT2D eigenvalue weighted by Gasteiger charge is -2.37. The van der Waals surface area contributed by atoms with E-state index in [1.54, 1.807) is 0 Å². The van der Waals surface area contributed by atoms with Crippen LogP contribution in [-0.4, -0.2) is 62.2 Å². The van der Waals surface area contributed by atoms with Crippen molar-refractivity contribution >= 4 is 0 Å². The third kappa shape index (κ3) is 5.71. The van der Waals surface area contributed by atoms with Crippen molar-refractivity contribution in [2.75, 3.05) is 40.3 Å². The minimum absolute atomic E-state index is 0.644. The van der Waals surface area contributed by atoms with Crippen LogP contribution in [0.3, 0.4) is 0 Å². The van der Waals surface area contributed by atoms with E-state index in [0.29, 0.717) is 12.1 Å². The fraction of sp³-hybridized carbons (Fsp3) is 1.00. The van der Waals surface area contributed by atoms with Crippen LogP contribution in [0.4, 0.5) is 0 Å². The molecule has 0 aromatic rings. The molecule has 0 spiro atoms. The van der Waals surface area contributed by atoms with Crippen LogP contribution in [0.25, 0.3) is 0 Å². The highest BCUT2D eigenvalue weighted by Crippen LogP contribution is 2.20. The van der Waals surface area contributed by atoms with Gasteiger partial charge in [0.1, 0.15) is 0 Å². The monoisotopic (exact) mass is 283 g/mol. The van der Waals surface area contributed by atoms with Crippen molar-refractivity contribution in [2.24, 2.45) is 5.92 Å². The Kier molecular flexibility index (Phi) is 8.74. The molecule has 2 unspecified atom stereocenters. The normalized spacial score (nSPS) is 24.0. The second kappa shape index (κ2) is 9.75. The highest BCUT2D eigenvalue weighted by Gasteiger charge is 2.29. The first-order valence-electron chi connectivity index (χ1n) is 8.74. The molecule has 1 aliphatic rings. The van der Waals surface area contributed by atoms with Crippen LogP contribution < -0.4 is 5.32 Å². The molecule has 2 atom stereocenters. The summed E-state index contributed by atoms with van der Waals surface area (Å²) in [7, 11) is 4.59. The number of hydrogen-bond acceptors (Lipinski definition) is 3. The predicted molar refractivity (Wildman–Crippen MR) is 89.3 cm³/mol. The van der Waals surface area contributed by atoms with Gasteiger partial charge in [-0.2, -0.15) is 0 Å². The largest absolute Gasteiger partial charge is 0.312 e. The highest BCUT2D eigenvalue weighted by atomic mass is 15.2. The zero-order valence-electron chi connectivity index (χ0n) is 14.5. The van der Waals surface area contributed by atoms with Crippen LogP contribution in [-0.2, 0) is 0 Å². The summed E-state index contributed by atoms with van der Waals surface area (Å²) >= 11 is 0. The topological polar surface area (TPSA) is 18.5 Å². The first kappa shape index (κ1) is 17.9. The van der Waals surface area contributed by atoms with E-state index in [9.17, 15) is 0 Å². The lowest BCUT2D eigenvalue weighted by molar-refractivity contribution is 0.159. The van der Waals surface area contributed by atoms with E-state index in [-0.39, 0.29) is 0 Å². The summed E-state index contributed by atoms with van der Waals surface area (Å²) in [5.41, 5.74) is 0. The van der Waals surface area contributed by atoms with E-state index in [1.165, 1.54) is 51.7 Å². The molecule has 20 heavy (non-hydrogen) atoms. The zero-order valence-corrected chi connectivity index (χ0v) is 14.5. The summed E-state index contributed by atoms with van der Waals surface area (Å²) < 4.78 is 0. The molecule has 1 N–H and O–H groups in total. The second-order valence-electron chi connectivity index (χ2n) is 6.64. The van der Waals surface area contributed by atoms with Gasteiger partial charge < -0.3 is 15.1 Å². The van der Waals surface area contributed by atoms with Gasteiger partial charge in [-0.15, -0.1) is 0 Å². The Labute approximate surface area is 127 Å². The van der Waals surface area contributed by atoms with Crippen molar-refractivity contribution in [1.82, 2.24) is 15.1 Å². The van der Waals surface area contributed by atoms with Crippen molar-refractivity contribution in [3.05, 3.63) is 0 Å². The van der Waals surface area contributed by atoms with Gasteiger partial charge in [-0.1, -0.05) is 33.6 Å². The van der Waals surface area contributed by atoms with Crippen LogP contribution in [0.15, 0.2) is 0 Å². The van der Waals surface area contributed by atoms with E-state index in [0.717, 1.165) is 12.5 Å². The Bertz CT molecular complexity index is 240. The molecule has 0 aliphatic carbocycles. The van der Waals surface area contributed by atoms with Gasteiger partial charge in [0.2, 0.25) is 0 Å². The second-order valence-corrected chi connectivity index (χ2v) is 6.64. The summed E-state index contributed by atoms with van der Waals surface area (Å²) in [4.78, 5) is 5.11. The summed E-state index contributed by atoms with van der Waals surface area (Å²) in [6.07, 6.45) is 6.48. The molecule has 3 heteroatoms. The number of rotatable bonds is 8. The Balaban J connectivity index is 2.71. The molecule has 1 heterocycles. The third-order valence-electron chi connectivity index (χ3n) is 4.98. The molecule has 0 bridgehead atoms. The Morgan fingerprint density at radius 2 is 1.80 bits per heavy atom. The minimum atomic E-state index is 0.644. The maximum Gasteiger partial charge on any atom is 0.0373 e. The van der Waals surface area contributed by atoms with E-state index < -0.39 is 0 Å². The molecule has 120 valence electrons. The quantitative estimate of drug-likeness (QED) is 0.739. The van der Waals surface area contributed by atoms with E-state index >= 15 is 0 Å². The van der Waals surface area contributed by atoms with Crippen LogP contribution in [0.2, 0.25) is 0 Å². The molecule has 1 fully saturated rings. The number of nitrogens with one attached hydrogen (secondary N) is 1. The van der Waals surface area contributed by atoms with Gasteiger partial charge in [-0.05, 0) is 58.9 Å². The maximum atomic E-state index is 3.85. The number of hydrogen-bond donors (Lipinski definition) is 1. The summed E-state index contributed by atoms with van der Waals surface area (Å²) in [6, 6.07) is 1.31. The fourth-order valence-electron chi connectivity index (χ4n) is 3.43. The first-order valence-corrected chi connectivity index (χ1v) is 8.74. The minimum Gasteiger partial charge on any atom is -0.312 e. The van der Waals surface area contributed by atoms with Crippen molar-refractivity contribution in [3.8, 4) is 0 Å². The van der Waals surface area contributed by atoms with E-state index in [1.807, 2.05) is 0 Å². The van der Waals surface area contributed by atoms with Crippen LogP contribution in [0, 0.1) is 5.92 Å². The van der Waals surface area contributed by atoms with Crippen LogP contribution >= 0.6 is 0 Å². The summed E-state index contributed by atoms with van der Waals surface area (Å²) in [5, 5.41) is 3.85. The van der Waals surface area contributed by atoms with Crippen molar-refractivity contribution in [2.45, 2.75) is 65.0 Å². The molecule has 1 rings (SSSR count). The van der Waals surface area contributed by atoms with E-state index in [2.05, 4.69) is 50.0 Å². The summed E-state index contributed by atoms with van der Waals surface area (Å²) in [5.74, 6) is 0.867. The molecular formula is C17H37N3. The molecule has 0 saturated carbocycles. The van der Waals surface area contributed by atoms with Crippen molar-refractivity contribution in [3.63, 3.8) is 0 Å². The number of nitrogens with zero attached hydrogens (tertiary/aromatic N) is 2. The van der Waals surface area contributed by atoms with Gasteiger partial charge in [-0.25, -0.2) is 0 Å². The number of likely N-dealkylation sites (N-methyl/N-ethyl adjacent to an activating group) is 2. The zero-order chi connectivity index (χ0) is 15.0. The average molecular weight is 284 g/mol. The Hall–Kier alpha value is -0.120. The predicted octanol–water partition coefficient (Wildman–Crippen LogP) is 2.82. The highest BCUT2D eigenvalue weighted by molar-refractivity contribution is 4.88. The van der Waals surface area contributed by atoms with E-state index in [4.69, 9.17) is 0 Å². The molecule has 3 nitrogen and oxygen atoms in total. The Morgan fingerprint density at radius 3 is 2.40 bits per heavy atom. The summed E-state index contributed by atoms with van der Waals surface area (Å²) in [6.45, 7) is 11.8. The molecular weight excluding hydrogens is 246 g/mol. The van der Waals surface area contributed by atoms with Crippen molar-refractivity contribution in [1.29, 1.82) is 0 Å². The first-order chi connectivity index (χ1) is 9.62. The fourth-order valence-corrected chi connectivity index (χ4v) is 3.43. The smallest absolute Gasteiger partial charge is 0.0373 e. The van der Waals surface area contributed by atoms with Crippen LogP contribution in [0.5, 0.6) is 0 Å². The molecule has 1 aliphatic heterocycles. The third-order valence-corrected chi connectivity index (χ3v) is 4.98. The molecule has 0 aromatic carbocycles. The molecule has 0 aromatic heterocycles. The maximum absolute atomic E-state index is 3.85. The molecule has 1 saturated heterocycles. The van der Waals surface area contributed by atoms with Gasteiger partial charge in [0, 0.05) is 18.6 Å². The van der Waals surface area contributed by atoms with Crippen molar-refractivity contribution < 1.29 is 0 Å². The van der Waals surface area contributed by atoms with Gasteiger partial charge in [0.15, 0.2) is 0 Å². The Morgan fingerprint density at radius 1 is 1.10 bits per heavy atom. The molecule has 0 radical (unpaired) electrons. The van der Waals surface area contributed by atoms with Gasteiger partial charge in [0.05, 0.1) is 0 Å². The standard InChI is InChI=1S/C17H37N3/c1-6-10-18-16(13-15(7-2)8-3)17-14-19(4)11-9-12-20(17)5/h15-18H,6-14H2,1-5H3.